The van der Waals surface area contributed by atoms with Gasteiger partial charge in [-0.25, -0.2) is 4.79 Å². The van der Waals surface area contributed by atoms with Crippen LogP contribution >= 0.6 is 0 Å². The second kappa shape index (κ2) is 7.97. The fourth-order valence-corrected chi connectivity index (χ4v) is 2.73. The van der Waals surface area contributed by atoms with E-state index in [1.807, 2.05) is 51.1 Å². The van der Waals surface area contributed by atoms with Gasteiger partial charge in [-0.3, -0.25) is 9.69 Å². The first-order chi connectivity index (χ1) is 11.7. The molecule has 0 bridgehead atoms. The number of amides is 3. The lowest BCUT2D eigenvalue weighted by molar-refractivity contribution is -0.132. The molecular formula is C19H29N3O3. The smallest absolute Gasteiger partial charge is 0.326 e. The normalized spacial score (nSPS) is 19.4. The van der Waals surface area contributed by atoms with Gasteiger partial charge in [0, 0.05) is 20.1 Å². The standard InChI is InChI=1S/C19H29N3O3/c1-14(20-11-15-9-7-6-8-10-15)17(23)22-16(12-21(5)18(22)24)13-25-19(2,3)4/h6-10,14,16,20H,11-13H2,1-5H3/t14-,16+/m1/s1. The van der Waals surface area contributed by atoms with Crippen LogP contribution in [0.25, 0.3) is 0 Å². The summed E-state index contributed by atoms with van der Waals surface area (Å²) in [4.78, 5) is 28.1. The molecule has 0 spiro atoms. The maximum absolute atomic E-state index is 12.8. The van der Waals surface area contributed by atoms with Crippen LogP contribution in [0.15, 0.2) is 30.3 Å². The summed E-state index contributed by atoms with van der Waals surface area (Å²) in [5.41, 5.74) is 0.787. The zero-order valence-electron chi connectivity index (χ0n) is 15.8. The number of hydrogen-bond acceptors (Lipinski definition) is 4. The van der Waals surface area contributed by atoms with E-state index >= 15 is 0 Å². The summed E-state index contributed by atoms with van der Waals surface area (Å²) in [6, 6.07) is 8.90. The van der Waals surface area contributed by atoms with E-state index in [0.29, 0.717) is 19.7 Å². The van der Waals surface area contributed by atoms with Crippen molar-refractivity contribution in [2.45, 2.75) is 51.9 Å². The topological polar surface area (TPSA) is 61.9 Å². The number of nitrogens with one attached hydrogen (secondary N) is 1. The zero-order chi connectivity index (χ0) is 18.6. The number of nitrogens with zero attached hydrogens (tertiary/aromatic N) is 2. The minimum absolute atomic E-state index is 0.215. The van der Waals surface area contributed by atoms with E-state index < -0.39 is 6.04 Å². The number of rotatable bonds is 6. The van der Waals surface area contributed by atoms with Gasteiger partial charge in [-0.1, -0.05) is 30.3 Å². The van der Waals surface area contributed by atoms with Crippen LogP contribution in [-0.4, -0.2) is 59.6 Å². The molecule has 0 radical (unpaired) electrons. The lowest BCUT2D eigenvalue weighted by Gasteiger charge is -2.28. The minimum Gasteiger partial charge on any atom is -0.374 e. The van der Waals surface area contributed by atoms with E-state index in [4.69, 9.17) is 4.74 Å². The van der Waals surface area contributed by atoms with Gasteiger partial charge in [-0.2, -0.15) is 0 Å². The van der Waals surface area contributed by atoms with Crippen molar-refractivity contribution in [1.29, 1.82) is 0 Å². The van der Waals surface area contributed by atoms with Crippen molar-refractivity contribution in [3.8, 4) is 0 Å². The van der Waals surface area contributed by atoms with Gasteiger partial charge in [0.05, 0.1) is 24.3 Å². The Hall–Kier alpha value is -1.92. The maximum Gasteiger partial charge on any atom is 0.326 e. The lowest BCUT2D eigenvalue weighted by atomic mass is 10.1. The van der Waals surface area contributed by atoms with Crippen molar-refractivity contribution in [2.75, 3.05) is 20.2 Å². The third-order valence-electron chi connectivity index (χ3n) is 4.15. The molecule has 1 aliphatic heterocycles. The first kappa shape index (κ1) is 19.4. The highest BCUT2D eigenvalue weighted by atomic mass is 16.5. The Morgan fingerprint density at radius 1 is 1.32 bits per heavy atom. The second-order valence-corrected chi connectivity index (χ2v) is 7.54. The van der Waals surface area contributed by atoms with Gasteiger partial charge in [0.1, 0.15) is 0 Å². The van der Waals surface area contributed by atoms with Crippen molar-refractivity contribution >= 4 is 11.9 Å². The molecule has 2 atom stereocenters. The van der Waals surface area contributed by atoms with E-state index in [9.17, 15) is 9.59 Å². The summed E-state index contributed by atoms with van der Waals surface area (Å²) in [6.07, 6.45) is 0. The predicted molar refractivity (Wildman–Crippen MR) is 97.1 cm³/mol. The Morgan fingerprint density at radius 2 is 1.96 bits per heavy atom. The molecule has 0 saturated carbocycles. The maximum atomic E-state index is 12.8. The molecule has 1 saturated heterocycles. The molecule has 1 aliphatic rings. The van der Waals surface area contributed by atoms with E-state index in [1.54, 1.807) is 18.9 Å². The largest absolute Gasteiger partial charge is 0.374 e. The van der Waals surface area contributed by atoms with Crippen molar-refractivity contribution < 1.29 is 14.3 Å². The summed E-state index contributed by atoms with van der Waals surface area (Å²) in [5, 5.41) is 3.20. The SMILES string of the molecule is C[C@@H](NCc1ccccc1)C(=O)N1C(=O)N(C)C[C@H]1COC(C)(C)C. The predicted octanol–water partition coefficient (Wildman–Crippen LogP) is 2.24. The molecule has 1 N–H and O–H groups in total. The lowest BCUT2D eigenvalue weighted by Crippen LogP contribution is -2.50. The number of benzene rings is 1. The molecular weight excluding hydrogens is 318 g/mol. The minimum atomic E-state index is -0.451. The molecule has 25 heavy (non-hydrogen) atoms. The number of carbonyl (C=O) groups excluding carboxylic acids is 2. The highest BCUT2D eigenvalue weighted by molar-refractivity contribution is 5.98. The highest BCUT2D eigenvalue weighted by Crippen LogP contribution is 2.19. The summed E-state index contributed by atoms with van der Waals surface area (Å²) in [7, 11) is 1.71. The average molecular weight is 347 g/mol. The Bertz CT molecular complexity index is 598. The number of carbonyl (C=O) groups is 2. The van der Waals surface area contributed by atoms with Gasteiger partial charge in [0.25, 0.3) is 0 Å². The van der Waals surface area contributed by atoms with Gasteiger partial charge >= 0.3 is 6.03 Å². The van der Waals surface area contributed by atoms with E-state index in [2.05, 4.69) is 5.32 Å². The van der Waals surface area contributed by atoms with E-state index in [1.165, 1.54) is 4.90 Å². The monoisotopic (exact) mass is 347 g/mol. The van der Waals surface area contributed by atoms with Crippen molar-refractivity contribution in [3.63, 3.8) is 0 Å². The van der Waals surface area contributed by atoms with Crippen LogP contribution in [0.4, 0.5) is 4.79 Å². The summed E-state index contributed by atoms with van der Waals surface area (Å²) < 4.78 is 5.81. The number of urea groups is 1. The van der Waals surface area contributed by atoms with Gasteiger partial charge < -0.3 is 15.0 Å². The van der Waals surface area contributed by atoms with Crippen molar-refractivity contribution in [3.05, 3.63) is 35.9 Å². The molecule has 0 aromatic heterocycles. The Labute approximate surface area is 150 Å². The third kappa shape index (κ3) is 5.28. The third-order valence-corrected chi connectivity index (χ3v) is 4.15. The molecule has 6 nitrogen and oxygen atoms in total. The van der Waals surface area contributed by atoms with Crippen LogP contribution in [-0.2, 0) is 16.1 Å². The zero-order valence-corrected chi connectivity index (χ0v) is 15.8. The molecule has 1 aromatic rings. The van der Waals surface area contributed by atoms with E-state index in [-0.39, 0.29) is 23.6 Å². The fourth-order valence-electron chi connectivity index (χ4n) is 2.73. The van der Waals surface area contributed by atoms with E-state index in [0.717, 1.165) is 5.56 Å². The van der Waals surface area contributed by atoms with Crippen LogP contribution < -0.4 is 5.32 Å². The molecule has 0 aliphatic carbocycles. The summed E-state index contributed by atoms with van der Waals surface area (Å²) in [6.45, 7) is 9.09. The average Bonchev–Trinajstić information content (AvgIpc) is 2.85. The summed E-state index contributed by atoms with van der Waals surface area (Å²) in [5.74, 6) is -0.215. The molecule has 1 aromatic carbocycles. The second-order valence-electron chi connectivity index (χ2n) is 7.54. The molecule has 3 amide bonds. The van der Waals surface area contributed by atoms with Crippen LogP contribution in [0, 0.1) is 0 Å². The van der Waals surface area contributed by atoms with Crippen LogP contribution in [0.3, 0.4) is 0 Å². The Morgan fingerprint density at radius 3 is 2.56 bits per heavy atom. The van der Waals surface area contributed by atoms with Crippen molar-refractivity contribution in [1.82, 2.24) is 15.1 Å². The first-order valence-corrected chi connectivity index (χ1v) is 8.68. The highest BCUT2D eigenvalue weighted by Gasteiger charge is 2.41. The number of imide groups is 1. The first-order valence-electron chi connectivity index (χ1n) is 8.68. The molecule has 6 heteroatoms. The van der Waals surface area contributed by atoms with Gasteiger partial charge in [0.15, 0.2) is 0 Å². The number of ether oxygens (including phenoxy) is 1. The van der Waals surface area contributed by atoms with Gasteiger partial charge in [-0.15, -0.1) is 0 Å². The quantitative estimate of drug-likeness (QED) is 0.857. The van der Waals surface area contributed by atoms with Gasteiger partial charge in [0.2, 0.25) is 5.91 Å². The molecule has 0 unspecified atom stereocenters. The molecule has 138 valence electrons. The number of likely N-dealkylation sites (N-methyl/N-ethyl adjacent to an activating group) is 1. The van der Waals surface area contributed by atoms with Crippen LogP contribution in [0.5, 0.6) is 0 Å². The fraction of sp³-hybridized carbons (Fsp3) is 0.579. The summed E-state index contributed by atoms with van der Waals surface area (Å²) >= 11 is 0. The Kier molecular flexibility index (Phi) is 6.19. The van der Waals surface area contributed by atoms with Gasteiger partial charge in [-0.05, 0) is 33.3 Å². The van der Waals surface area contributed by atoms with Crippen molar-refractivity contribution in [2.24, 2.45) is 0 Å². The van der Waals surface area contributed by atoms with Crippen LogP contribution in [0.2, 0.25) is 0 Å². The molecule has 2 rings (SSSR count). The Balaban J connectivity index is 1.99. The molecule has 1 fully saturated rings. The number of hydrogen-bond donors (Lipinski definition) is 1. The molecule has 1 heterocycles. The van der Waals surface area contributed by atoms with Crippen LogP contribution in [0.1, 0.15) is 33.3 Å².